The zero-order chi connectivity index (χ0) is 22.3. The number of hydrogen-bond donors (Lipinski definition) is 1. The largest absolute Gasteiger partial charge is 0.456 e. The van der Waals surface area contributed by atoms with Crippen LogP contribution in [0.25, 0.3) is 22.3 Å². The summed E-state index contributed by atoms with van der Waals surface area (Å²) in [5.41, 5.74) is 4.23. The standard InChI is InChI=1S/C25H22N2O4S/c1-32(29,30)27-16-20-8-3-2-6-18(20)14-22(27)25(28)26-21-12-10-17(11-13-21)24-15-19-7-4-5-9-23(19)31-24/h2-13,15,22H,14,16H2,1H3,(H,26,28)/t22-/m1/s1. The van der Waals surface area contributed by atoms with Gasteiger partial charge in [0.05, 0.1) is 6.26 Å². The molecular formula is C25H22N2O4S. The van der Waals surface area contributed by atoms with E-state index in [1.807, 2.05) is 66.7 Å². The van der Waals surface area contributed by atoms with E-state index < -0.39 is 16.1 Å². The fourth-order valence-electron chi connectivity index (χ4n) is 4.14. The van der Waals surface area contributed by atoms with Gasteiger partial charge in [-0.25, -0.2) is 8.42 Å². The summed E-state index contributed by atoms with van der Waals surface area (Å²) in [6.45, 7) is 0.193. The number of hydrogen-bond acceptors (Lipinski definition) is 4. The van der Waals surface area contributed by atoms with Gasteiger partial charge in [0, 0.05) is 23.2 Å². The molecule has 0 unspecified atom stereocenters. The highest BCUT2D eigenvalue weighted by atomic mass is 32.2. The Morgan fingerprint density at radius 2 is 1.66 bits per heavy atom. The third-order valence-corrected chi connectivity index (χ3v) is 7.03. The van der Waals surface area contributed by atoms with Crippen molar-refractivity contribution in [3.05, 3.63) is 90.0 Å². The van der Waals surface area contributed by atoms with Crippen molar-refractivity contribution in [1.82, 2.24) is 4.31 Å². The second-order valence-corrected chi connectivity index (χ2v) is 9.95. The van der Waals surface area contributed by atoms with Gasteiger partial charge in [-0.3, -0.25) is 4.79 Å². The van der Waals surface area contributed by atoms with Crippen LogP contribution in [0.3, 0.4) is 0 Å². The van der Waals surface area contributed by atoms with Crippen LogP contribution in [0.2, 0.25) is 0 Å². The third kappa shape index (κ3) is 3.92. The first-order chi connectivity index (χ1) is 15.4. The van der Waals surface area contributed by atoms with E-state index in [0.717, 1.165) is 39.7 Å². The van der Waals surface area contributed by atoms with Gasteiger partial charge in [-0.2, -0.15) is 4.31 Å². The first-order valence-electron chi connectivity index (χ1n) is 10.3. The Bertz CT molecular complexity index is 1370. The van der Waals surface area contributed by atoms with Crippen LogP contribution < -0.4 is 5.32 Å². The van der Waals surface area contributed by atoms with Gasteiger partial charge >= 0.3 is 0 Å². The minimum atomic E-state index is -3.55. The van der Waals surface area contributed by atoms with Crippen molar-refractivity contribution in [2.75, 3.05) is 11.6 Å². The molecular weight excluding hydrogens is 424 g/mol. The van der Waals surface area contributed by atoms with Crippen LogP contribution in [0.15, 0.2) is 83.3 Å². The molecule has 0 fully saturated rings. The summed E-state index contributed by atoms with van der Waals surface area (Å²) in [7, 11) is -3.55. The van der Waals surface area contributed by atoms with Crippen LogP contribution in [-0.4, -0.2) is 30.9 Å². The lowest BCUT2D eigenvalue weighted by molar-refractivity contribution is -0.120. The Morgan fingerprint density at radius 1 is 0.969 bits per heavy atom. The molecule has 2 heterocycles. The lowest BCUT2D eigenvalue weighted by Crippen LogP contribution is -2.50. The van der Waals surface area contributed by atoms with E-state index in [0.29, 0.717) is 12.1 Å². The summed E-state index contributed by atoms with van der Waals surface area (Å²) in [5, 5.41) is 3.90. The Kier molecular flexibility index (Phi) is 5.07. The lowest BCUT2D eigenvalue weighted by Gasteiger charge is -2.34. The van der Waals surface area contributed by atoms with Crippen LogP contribution in [0.4, 0.5) is 5.69 Å². The molecule has 1 amide bonds. The van der Waals surface area contributed by atoms with Gasteiger partial charge in [-0.15, -0.1) is 0 Å². The van der Waals surface area contributed by atoms with Gasteiger partial charge in [0.1, 0.15) is 17.4 Å². The molecule has 0 aliphatic carbocycles. The summed E-state index contributed by atoms with van der Waals surface area (Å²) in [6, 6.07) is 23.9. The van der Waals surface area contributed by atoms with Gasteiger partial charge in [0.25, 0.3) is 0 Å². The molecule has 4 aromatic rings. The molecule has 0 saturated carbocycles. The number of nitrogens with zero attached hydrogens (tertiary/aromatic N) is 1. The number of amides is 1. The lowest BCUT2D eigenvalue weighted by atomic mass is 9.95. The smallest absolute Gasteiger partial charge is 0.243 e. The molecule has 0 bridgehead atoms. The molecule has 3 aromatic carbocycles. The van der Waals surface area contributed by atoms with E-state index in [9.17, 15) is 13.2 Å². The van der Waals surface area contributed by atoms with E-state index in [-0.39, 0.29) is 12.5 Å². The Balaban J connectivity index is 1.37. The number of carbonyl (C=O) groups is 1. The summed E-state index contributed by atoms with van der Waals surface area (Å²) >= 11 is 0. The Labute approximate surface area is 186 Å². The van der Waals surface area contributed by atoms with E-state index in [1.54, 1.807) is 12.1 Å². The number of nitrogens with one attached hydrogen (secondary N) is 1. The highest BCUT2D eigenvalue weighted by molar-refractivity contribution is 7.88. The molecule has 1 aliphatic rings. The van der Waals surface area contributed by atoms with Crippen molar-refractivity contribution in [2.45, 2.75) is 19.0 Å². The molecule has 0 radical (unpaired) electrons. The number of anilines is 1. The average molecular weight is 447 g/mol. The van der Waals surface area contributed by atoms with Crippen molar-refractivity contribution in [1.29, 1.82) is 0 Å². The van der Waals surface area contributed by atoms with Crippen LogP contribution in [-0.2, 0) is 27.8 Å². The SMILES string of the molecule is CS(=O)(=O)N1Cc2ccccc2C[C@@H]1C(=O)Nc1ccc(-c2cc3ccccc3o2)cc1. The fraction of sp³-hybridized carbons (Fsp3) is 0.160. The third-order valence-electron chi connectivity index (χ3n) is 5.80. The first kappa shape index (κ1) is 20.5. The predicted octanol–water partition coefficient (Wildman–Crippen LogP) is 4.42. The monoisotopic (exact) mass is 446 g/mol. The van der Waals surface area contributed by atoms with Crippen LogP contribution in [0.5, 0.6) is 0 Å². The average Bonchev–Trinajstić information content (AvgIpc) is 3.22. The molecule has 1 aliphatic heterocycles. The molecule has 0 saturated heterocycles. The summed E-state index contributed by atoms with van der Waals surface area (Å²) in [6.07, 6.45) is 1.48. The summed E-state index contributed by atoms with van der Waals surface area (Å²) < 4.78 is 31.9. The maximum absolute atomic E-state index is 13.1. The molecule has 0 spiro atoms. The second-order valence-electron chi connectivity index (χ2n) is 8.01. The van der Waals surface area contributed by atoms with Crippen LogP contribution in [0, 0.1) is 0 Å². The number of fused-ring (bicyclic) bond motifs is 2. The van der Waals surface area contributed by atoms with Gasteiger partial charge < -0.3 is 9.73 Å². The zero-order valence-electron chi connectivity index (χ0n) is 17.5. The molecule has 1 aromatic heterocycles. The summed E-state index contributed by atoms with van der Waals surface area (Å²) in [5.74, 6) is 0.401. The number of sulfonamides is 1. The number of para-hydroxylation sites is 1. The summed E-state index contributed by atoms with van der Waals surface area (Å²) in [4.78, 5) is 13.1. The normalized spacial score (nSPS) is 16.6. The van der Waals surface area contributed by atoms with Gasteiger partial charge in [-0.1, -0.05) is 42.5 Å². The molecule has 6 nitrogen and oxygen atoms in total. The number of furan rings is 1. The van der Waals surface area contributed by atoms with Crippen molar-refractivity contribution < 1.29 is 17.6 Å². The fourth-order valence-corrected chi connectivity index (χ4v) is 5.14. The molecule has 7 heteroatoms. The Morgan fingerprint density at radius 3 is 2.38 bits per heavy atom. The van der Waals surface area contributed by atoms with Gasteiger partial charge in [0.15, 0.2) is 0 Å². The van der Waals surface area contributed by atoms with Crippen molar-refractivity contribution in [2.24, 2.45) is 0 Å². The van der Waals surface area contributed by atoms with E-state index in [1.165, 1.54) is 4.31 Å². The molecule has 5 rings (SSSR count). The molecule has 162 valence electrons. The van der Waals surface area contributed by atoms with Crippen molar-refractivity contribution in [3.8, 4) is 11.3 Å². The topological polar surface area (TPSA) is 79.6 Å². The van der Waals surface area contributed by atoms with E-state index >= 15 is 0 Å². The minimum absolute atomic E-state index is 0.193. The van der Waals surface area contributed by atoms with Crippen molar-refractivity contribution in [3.63, 3.8) is 0 Å². The number of carbonyl (C=O) groups excluding carboxylic acids is 1. The molecule has 1 atom stereocenters. The number of benzene rings is 3. The van der Waals surface area contributed by atoms with Crippen LogP contribution >= 0.6 is 0 Å². The van der Waals surface area contributed by atoms with Gasteiger partial charge in [0.2, 0.25) is 15.9 Å². The highest BCUT2D eigenvalue weighted by Gasteiger charge is 2.36. The quantitative estimate of drug-likeness (QED) is 0.503. The second kappa shape index (κ2) is 7.93. The van der Waals surface area contributed by atoms with Gasteiger partial charge in [-0.05, 0) is 53.9 Å². The van der Waals surface area contributed by atoms with Crippen LogP contribution in [0.1, 0.15) is 11.1 Å². The molecule has 32 heavy (non-hydrogen) atoms. The highest BCUT2D eigenvalue weighted by Crippen LogP contribution is 2.29. The first-order valence-corrected chi connectivity index (χ1v) is 12.2. The molecule has 1 N–H and O–H groups in total. The number of rotatable bonds is 4. The van der Waals surface area contributed by atoms with Crippen molar-refractivity contribution >= 4 is 32.6 Å². The maximum Gasteiger partial charge on any atom is 0.243 e. The zero-order valence-corrected chi connectivity index (χ0v) is 18.3. The Hall–Kier alpha value is -3.42. The maximum atomic E-state index is 13.1. The predicted molar refractivity (Wildman–Crippen MR) is 125 cm³/mol. The van der Waals surface area contributed by atoms with E-state index in [4.69, 9.17) is 4.42 Å². The minimum Gasteiger partial charge on any atom is -0.456 e. The van der Waals surface area contributed by atoms with E-state index in [2.05, 4.69) is 5.32 Å².